The standard InChI is InChI=1S/C32H36ClF2N3O4/c1-21(2)28(30(40)32(34,35)31(41)37-17-16-22-10-5-3-6-11-22)29(36)26(18-23-12-7-4-8-13-23)38-27(39)20-42-25-15-9-14-24(33)19-25/h3-15,19,21,26,28-29H,16-18,20,36H2,1-2H3,(H,37,41)(H,38,39)/t26-,28-,29?/m0/s1. The van der Waals surface area contributed by atoms with Gasteiger partial charge in [0.1, 0.15) is 5.75 Å². The number of hydrogen-bond acceptors (Lipinski definition) is 5. The van der Waals surface area contributed by atoms with Gasteiger partial charge in [0.05, 0.1) is 0 Å². The number of carbonyl (C=O) groups is 3. The molecule has 0 bridgehead atoms. The summed E-state index contributed by atoms with van der Waals surface area (Å²) < 4.78 is 36.0. The minimum absolute atomic E-state index is 0.0660. The summed E-state index contributed by atoms with van der Waals surface area (Å²) in [6.45, 7) is 2.70. The van der Waals surface area contributed by atoms with Gasteiger partial charge in [0.2, 0.25) is 5.78 Å². The van der Waals surface area contributed by atoms with Crippen LogP contribution >= 0.6 is 11.6 Å². The van der Waals surface area contributed by atoms with Crippen LogP contribution < -0.4 is 21.1 Å². The van der Waals surface area contributed by atoms with E-state index in [9.17, 15) is 14.4 Å². The van der Waals surface area contributed by atoms with Crippen molar-refractivity contribution in [2.45, 2.75) is 44.7 Å². The molecule has 3 aromatic rings. The summed E-state index contributed by atoms with van der Waals surface area (Å²) in [5.41, 5.74) is 8.13. The lowest BCUT2D eigenvalue weighted by molar-refractivity contribution is -0.162. The second kappa shape index (κ2) is 15.4. The first-order valence-electron chi connectivity index (χ1n) is 13.7. The summed E-state index contributed by atoms with van der Waals surface area (Å²) >= 11 is 5.97. The molecule has 4 N–H and O–H groups in total. The molecule has 0 aromatic heterocycles. The number of benzene rings is 3. The van der Waals surface area contributed by atoms with Gasteiger partial charge in [-0.3, -0.25) is 14.4 Å². The summed E-state index contributed by atoms with van der Waals surface area (Å²) in [4.78, 5) is 38.7. The van der Waals surface area contributed by atoms with Crippen molar-refractivity contribution in [3.05, 3.63) is 101 Å². The zero-order valence-electron chi connectivity index (χ0n) is 23.6. The molecular weight excluding hydrogens is 564 g/mol. The van der Waals surface area contributed by atoms with Crippen molar-refractivity contribution in [3.8, 4) is 5.75 Å². The van der Waals surface area contributed by atoms with Crippen LogP contribution in [0.5, 0.6) is 5.75 Å². The Labute approximate surface area is 249 Å². The van der Waals surface area contributed by atoms with Gasteiger partial charge < -0.3 is 21.1 Å². The number of ketones is 1. The number of alkyl halides is 2. The van der Waals surface area contributed by atoms with Gasteiger partial charge in [0, 0.05) is 29.6 Å². The van der Waals surface area contributed by atoms with Gasteiger partial charge in [-0.05, 0) is 48.1 Å². The maximum absolute atomic E-state index is 15.3. The van der Waals surface area contributed by atoms with E-state index in [2.05, 4.69) is 10.6 Å². The number of nitrogens with two attached hydrogens (primary N) is 1. The molecule has 0 aliphatic rings. The molecule has 224 valence electrons. The maximum atomic E-state index is 15.3. The molecule has 3 rings (SSSR count). The predicted molar refractivity (Wildman–Crippen MR) is 158 cm³/mol. The molecule has 0 fully saturated rings. The largest absolute Gasteiger partial charge is 0.484 e. The lowest BCUT2D eigenvalue weighted by atomic mass is 9.78. The lowest BCUT2D eigenvalue weighted by Gasteiger charge is -2.34. The van der Waals surface area contributed by atoms with E-state index in [1.807, 2.05) is 24.3 Å². The molecule has 3 aromatic carbocycles. The summed E-state index contributed by atoms with van der Waals surface area (Å²) in [6, 6.07) is 22.4. The summed E-state index contributed by atoms with van der Waals surface area (Å²) in [6.07, 6.45) is 0.489. The third-order valence-corrected chi connectivity index (χ3v) is 7.08. The predicted octanol–water partition coefficient (Wildman–Crippen LogP) is 4.61. The molecule has 2 amide bonds. The van der Waals surface area contributed by atoms with Crippen LogP contribution in [0.15, 0.2) is 84.9 Å². The van der Waals surface area contributed by atoms with E-state index in [0.29, 0.717) is 17.2 Å². The molecule has 0 aliphatic heterocycles. The van der Waals surface area contributed by atoms with Gasteiger partial charge in [-0.25, -0.2) is 0 Å². The molecule has 1 unspecified atom stereocenters. The normalized spacial score (nSPS) is 13.6. The fourth-order valence-corrected chi connectivity index (χ4v) is 4.86. The molecule has 3 atom stereocenters. The number of amides is 2. The minimum atomic E-state index is -4.32. The van der Waals surface area contributed by atoms with Crippen molar-refractivity contribution in [2.75, 3.05) is 13.2 Å². The van der Waals surface area contributed by atoms with Crippen molar-refractivity contribution in [1.29, 1.82) is 0 Å². The van der Waals surface area contributed by atoms with Crippen LogP contribution in [-0.2, 0) is 27.2 Å². The molecule has 0 spiro atoms. The Morgan fingerprint density at radius 1 is 0.929 bits per heavy atom. The van der Waals surface area contributed by atoms with Crippen LogP contribution in [-0.4, -0.2) is 48.8 Å². The summed E-state index contributed by atoms with van der Waals surface area (Å²) in [7, 11) is 0. The molecule has 0 aliphatic carbocycles. The Morgan fingerprint density at radius 2 is 1.55 bits per heavy atom. The number of rotatable bonds is 15. The highest BCUT2D eigenvalue weighted by Gasteiger charge is 2.52. The Bertz CT molecular complexity index is 1330. The van der Waals surface area contributed by atoms with E-state index in [0.717, 1.165) is 11.1 Å². The fraction of sp³-hybridized carbons (Fsp3) is 0.344. The van der Waals surface area contributed by atoms with Gasteiger partial charge in [-0.1, -0.05) is 92.2 Å². The number of Topliss-reactive ketones (excluding diaryl/α,β-unsaturated/α-hetero) is 1. The Morgan fingerprint density at radius 3 is 2.14 bits per heavy atom. The SMILES string of the molecule is CC(C)[C@H](C(=O)C(F)(F)C(=O)NCCc1ccccc1)C(N)[C@H](Cc1ccccc1)NC(=O)COc1cccc(Cl)c1. The molecule has 0 saturated heterocycles. The Balaban J connectivity index is 1.74. The monoisotopic (exact) mass is 599 g/mol. The molecule has 0 radical (unpaired) electrons. The van der Waals surface area contributed by atoms with Crippen molar-refractivity contribution in [3.63, 3.8) is 0 Å². The number of halogens is 3. The van der Waals surface area contributed by atoms with Gasteiger partial charge >= 0.3 is 5.92 Å². The zero-order chi connectivity index (χ0) is 30.7. The minimum Gasteiger partial charge on any atom is -0.484 e. The van der Waals surface area contributed by atoms with Gasteiger partial charge in [-0.15, -0.1) is 0 Å². The first-order chi connectivity index (χ1) is 20.0. The second-order valence-electron chi connectivity index (χ2n) is 10.4. The second-order valence-corrected chi connectivity index (χ2v) is 10.8. The highest BCUT2D eigenvalue weighted by atomic mass is 35.5. The molecule has 0 heterocycles. The first kappa shape index (κ1) is 32.7. The van der Waals surface area contributed by atoms with E-state index in [1.165, 1.54) is 0 Å². The van der Waals surface area contributed by atoms with E-state index in [-0.39, 0.29) is 13.0 Å². The van der Waals surface area contributed by atoms with Gasteiger partial charge in [0.25, 0.3) is 11.8 Å². The smallest absolute Gasteiger partial charge is 0.381 e. The van der Waals surface area contributed by atoms with Crippen LogP contribution in [0.4, 0.5) is 8.78 Å². The topological polar surface area (TPSA) is 111 Å². The summed E-state index contributed by atoms with van der Waals surface area (Å²) in [5, 5.41) is 5.36. The van der Waals surface area contributed by atoms with Crippen molar-refractivity contribution in [2.24, 2.45) is 17.6 Å². The average Bonchev–Trinajstić information content (AvgIpc) is 2.96. The lowest BCUT2D eigenvalue weighted by Crippen LogP contribution is -2.60. The molecule has 10 heteroatoms. The zero-order valence-corrected chi connectivity index (χ0v) is 24.3. The van der Waals surface area contributed by atoms with Crippen LogP contribution in [0.3, 0.4) is 0 Å². The van der Waals surface area contributed by atoms with Gasteiger partial charge in [-0.2, -0.15) is 8.78 Å². The number of nitrogens with one attached hydrogen (secondary N) is 2. The fourth-order valence-electron chi connectivity index (χ4n) is 4.68. The molecule has 42 heavy (non-hydrogen) atoms. The van der Waals surface area contributed by atoms with E-state index in [4.69, 9.17) is 22.1 Å². The Hall–Kier alpha value is -3.82. The number of hydrogen-bond donors (Lipinski definition) is 3. The summed E-state index contributed by atoms with van der Waals surface area (Å²) in [5.74, 6) is -9.89. The average molecular weight is 600 g/mol. The number of carbonyl (C=O) groups excluding carboxylic acids is 3. The maximum Gasteiger partial charge on any atom is 0.381 e. The van der Waals surface area contributed by atoms with Crippen LogP contribution in [0.1, 0.15) is 25.0 Å². The van der Waals surface area contributed by atoms with Crippen molar-refractivity contribution < 1.29 is 27.9 Å². The Kier molecular flexibility index (Phi) is 12.0. The molecule has 0 saturated carbocycles. The van der Waals surface area contributed by atoms with E-state index >= 15 is 8.78 Å². The van der Waals surface area contributed by atoms with Gasteiger partial charge in [0.15, 0.2) is 6.61 Å². The highest BCUT2D eigenvalue weighted by molar-refractivity contribution is 6.30. The van der Waals surface area contributed by atoms with Crippen LogP contribution in [0.2, 0.25) is 5.02 Å². The van der Waals surface area contributed by atoms with E-state index in [1.54, 1.807) is 74.5 Å². The highest BCUT2D eigenvalue weighted by Crippen LogP contribution is 2.29. The first-order valence-corrected chi connectivity index (χ1v) is 14.1. The molecular formula is C32H36ClF2N3O4. The number of ether oxygens (including phenoxy) is 1. The van der Waals surface area contributed by atoms with Crippen LogP contribution in [0.25, 0.3) is 0 Å². The van der Waals surface area contributed by atoms with Crippen molar-refractivity contribution in [1.82, 2.24) is 10.6 Å². The third-order valence-electron chi connectivity index (χ3n) is 6.85. The van der Waals surface area contributed by atoms with Crippen molar-refractivity contribution >= 4 is 29.2 Å². The third kappa shape index (κ3) is 9.36. The van der Waals surface area contributed by atoms with Crippen LogP contribution in [0, 0.1) is 11.8 Å². The molecule has 7 nitrogen and oxygen atoms in total. The van der Waals surface area contributed by atoms with E-state index < -0.39 is 54.0 Å². The quantitative estimate of drug-likeness (QED) is 0.221.